The van der Waals surface area contributed by atoms with E-state index >= 15 is 0 Å². The van der Waals surface area contributed by atoms with Gasteiger partial charge < -0.3 is 10.8 Å². The van der Waals surface area contributed by atoms with Crippen LogP contribution in [0, 0.1) is 17.6 Å². The molecule has 0 aromatic heterocycles. The van der Waals surface area contributed by atoms with Crippen molar-refractivity contribution in [3.05, 3.63) is 29.3 Å². The third-order valence-electron chi connectivity index (χ3n) is 2.22. The van der Waals surface area contributed by atoms with E-state index in [1.807, 2.05) is 13.8 Å². The van der Waals surface area contributed by atoms with Crippen LogP contribution in [0.25, 0.3) is 0 Å². The van der Waals surface area contributed by atoms with Crippen molar-refractivity contribution in [3.8, 4) is 5.75 Å². The highest BCUT2D eigenvalue weighted by molar-refractivity contribution is 5.31. The molecule has 1 aromatic carbocycles. The summed E-state index contributed by atoms with van der Waals surface area (Å²) in [6.45, 7) is 3.91. The molecule has 0 saturated heterocycles. The fourth-order valence-electron chi connectivity index (χ4n) is 1.48. The fraction of sp³-hybridized carbons (Fsp3) is 0.455. The minimum absolute atomic E-state index is 0.110. The van der Waals surface area contributed by atoms with Gasteiger partial charge in [-0.2, -0.15) is 4.39 Å². The van der Waals surface area contributed by atoms with Crippen LogP contribution in [-0.4, -0.2) is 5.11 Å². The maximum atomic E-state index is 13.3. The van der Waals surface area contributed by atoms with E-state index < -0.39 is 23.4 Å². The Balaban J connectivity index is 3.00. The van der Waals surface area contributed by atoms with Crippen molar-refractivity contribution in [2.75, 3.05) is 0 Å². The summed E-state index contributed by atoms with van der Waals surface area (Å²) in [6.07, 6.45) is 0.571. The lowest BCUT2D eigenvalue weighted by Gasteiger charge is -2.15. The molecule has 2 nitrogen and oxygen atoms in total. The number of nitrogens with two attached hydrogens (primary N) is 1. The standard InChI is InChI=1S/C11H15F2NO/c1-6(2)5-8(14)7-3-4-9(15)11(13)10(7)12/h3-4,6,8,15H,5,14H2,1-2H3. The summed E-state index contributed by atoms with van der Waals surface area (Å²) in [5.74, 6) is -2.67. The van der Waals surface area contributed by atoms with Crippen molar-refractivity contribution >= 4 is 0 Å². The molecule has 3 N–H and O–H groups in total. The molecule has 0 bridgehead atoms. The van der Waals surface area contributed by atoms with Gasteiger partial charge in [-0.05, 0) is 18.4 Å². The first-order valence-electron chi connectivity index (χ1n) is 4.86. The van der Waals surface area contributed by atoms with Crippen molar-refractivity contribution in [2.24, 2.45) is 11.7 Å². The van der Waals surface area contributed by atoms with Gasteiger partial charge in [0.2, 0.25) is 5.82 Å². The van der Waals surface area contributed by atoms with E-state index in [-0.39, 0.29) is 5.56 Å². The molecule has 0 radical (unpaired) electrons. The van der Waals surface area contributed by atoms with Gasteiger partial charge in [0.25, 0.3) is 0 Å². The zero-order valence-electron chi connectivity index (χ0n) is 8.80. The van der Waals surface area contributed by atoms with Gasteiger partial charge in [-0.3, -0.25) is 0 Å². The van der Waals surface area contributed by atoms with Crippen LogP contribution in [-0.2, 0) is 0 Å². The van der Waals surface area contributed by atoms with E-state index in [4.69, 9.17) is 10.8 Å². The van der Waals surface area contributed by atoms with E-state index in [0.717, 1.165) is 6.07 Å². The van der Waals surface area contributed by atoms with Gasteiger partial charge in [-0.15, -0.1) is 0 Å². The summed E-state index contributed by atoms with van der Waals surface area (Å²) in [5.41, 5.74) is 5.84. The molecule has 1 aromatic rings. The highest BCUT2D eigenvalue weighted by Gasteiger charge is 2.18. The smallest absolute Gasteiger partial charge is 0.200 e. The summed E-state index contributed by atoms with van der Waals surface area (Å²) in [7, 11) is 0. The quantitative estimate of drug-likeness (QED) is 0.814. The second kappa shape index (κ2) is 4.57. The number of benzene rings is 1. The fourth-order valence-corrected chi connectivity index (χ4v) is 1.48. The normalized spacial score (nSPS) is 13.2. The molecule has 15 heavy (non-hydrogen) atoms. The number of rotatable bonds is 3. The molecule has 1 atom stereocenters. The molecule has 4 heteroatoms. The number of aromatic hydroxyl groups is 1. The first-order valence-corrected chi connectivity index (χ1v) is 4.86. The monoisotopic (exact) mass is 215 g/mol. The summed E-state index contributed by atoms with van der Waals surface area (Å²) < 4.78 is 26.4. The molecule has 0 fully saturated rings. The van der Waals surface area contributed by atoms with Gasteiger partial charge in [-0.25, -0.2) is 4.39 Å². The molecule has 0 aliphatic heterocycles. The molecule has 0 aliphatic rings. The van der Waals surface area contributed by atoms with Gasteiger partial charge in [-0.1, -0.05) is 19.9 Å². The van der Waals surface area contributed by atoms with Crippen LogP contribution < -0.4 is 5.73 Å². The first-order chi connectivity index (χ1) is 6.93. The lowest BCUT2D eigenvalue weighted by Crippen LogP contribution is -2.15. The third-order valence-corrected chi connectivity index (χ3v) is 2.22. The maximum Gasteiger partial charge on any atom is 0.200 e. The van der Waals surface area contributed by atoms with E-state index in [1.54, 1.807) is 0 Å². The lowest BCUT2D eigenvalue weighted by atomic mass is 9.97. The SMILES string of the molecule is CC(C)CC(N)c1ccc(O)c(F)c1F. The maximum absolute atomic E-state index is 13.3. The Morgan fingerprint density at radius 1 is 1.27 bits per heavy atom. The molecule has 0 amide bonds. The van der Waals surface area contributed by atoms with Gasteiger partial charge in [0, 0.05) is 11.6 Å². The van der Waals surface area contributed by atoms with Crippen molar-refractivity contribution in [3.63, 3.8) is 0 Å². The summed E-state index contributed by atoms with van der Waals surface area (Å²) >= 11 is 0. The predicted molar refractivity (Wildman–Crippen MR) is 54.4 cm³/mol. The minimum atomic E-state index is -1.23. The topological polar surface area (TPSA) is 46.2 Å². The second-order valence-electron chi connectivity index (χ2n) is 4.04. The molecule has 0 aliphatic carbocycles. The molecule has 0 spiro atoms. The zero-order valence-corrected chi connectivity index (χ0v) is 8.80. The van der Waals surface area contributed by atoms with E-state index in [2.05, 4.69) is 0 Å². The molecular formula is C11H15F2NO. The Hall–Kier alpha value is -1.16. The first kappa shape index (κ1) is 11.9. The molecule has 1 rings (SSSR count). The van der Waals surface area contributed by atoms with Gasteiger partial charge in [0.15, 0.2) is 11.6 Å². The molecule has 1 unspecified atom stereocenters. The Kier molecular flexibility index (Phi) is 3.63. The average molecular weight is 215 g/mol. The highest BCUT2D eigenvalue weighted by atomic mass is 19.2. The lowest BCUT2D eigenvalue weighted by molar-refractivity contribution is 0.397. The Labute approximate surface area is 87.7 Å². The number of phenolic OH excluding ortho intramolecular Hbond substituents is 1. The van der Waals surface area contributed by atoms with Crippen LogP contribution in [0.15, 0.2) is 12.1 Å². The predicted octanol–water partition coefficient (Wildman–Crippen LogP) is 2.72. The summed E-state index contributed by atoms with van der Waals surface area (Å²) in [6, 6.07) is 1.90. The van der Waals surface area contributed by atoms with Crippen LogP contribution >= 0.6 is 0 Å². The third kappa shape index (κ3) is 2.65. The molecule has 0 heterocycles. The number of hydrogen-bond donors (Lipinski definition) is 2. The number of hydrogen-bond acceptors (Lipinski definition) is 2. The summed E-state index contributed by atoms with van der Waals surface area (Å²) in [4.78, 5) is 0. The number of phenols is 1. The van der Waals surface area contributed by atoms with Crippen LogP contribution in [0.5, 0.6) is 5.75 Å². The molecule has 84 valence electrons. The van der Waals surface area contributed by atoms with E-state index in [9.17, 15) is 8.78 Å². The van der Waals surface area contributed by atoms with Crippen LogP contribution in [0.2, 0.25) is 0 Å². The van der Waals surface area contributed by atoms with Crippen molar-refractivity contribution in [1.82, 2.24) is 0 Å². The van der Waals surface area contributed by atoms with Gasteiger partial charge in [0.1, 0.15) is 0 Å². The van der Waals surface area contributed by atoms with E-state index in [0.29, 0.717) is 12.3 Å². The summed E-state index contributed by atoms with van der Waals surface area (Å²) in [5, 5.41) is 8.93. The van der Waals surface area contributed by atoms with Crippen LogP contribution in [0.1, 0.15) is 31.9 Å². The van der Waals surface area contributed by atoms with E-state index in [1.165, 1.54) is 6.07 Å². The highest BCUT2D eigenvalue weighted by Crippen LogP contribution is 2.27. The average Bonchev–Trinajstić information content (AvgIpc) is 2.13. The Bertz CT molecular complexity index is 353. The number of halogens is 2. The van der Waals surface area contributed by atoms with Crippen LogP contribution in [0.4, 0.5) is 8.78 Å². The van der Waals surface area contributed by atoms with Gasteiger partial charge in [0.05, 0.1) is 0 Å². The van der Waals surface area contributed by atoms with Crippen molar-refractivity contribution in [1.29, 1.82) is 0 Å². The molecular weight excluding hydrogens is 200 g/mol. The zero-order chi connectivity index (χ0) is 11.6. The second-order valence-corrected chi connectivity index (χ2v) is 4.04. The molecule has 0 saturated carbocycles. The van der Waals surface area contributed by atoms with Crippen molar-refractivity contribution in [2.45, 2.75) is 26.3 Å². The van der Waals surface area contributed by atoms with Gasteiger partial charge >= 0.3 is 0 Å². The van der Waals surface area contributed by atoms with Crippen LogP contribution in [0.3, 0.4) is 0 Å². The van der Waals surface area contributed by atoms with Crippen molar-refractivity contribution < 1.29 is 13.9 Å². The Morgan fingerprint density at radius 3 is 2.40 bits per heavy atom. The Morgan fingerprint density at radius 2 is 1.87 bits per heavy atom. The minimum Gasteiger partial charge on any atom is -0.505 e. The largest absolute Gasteiger partial charge is 0.505 e.